The summed E-state index contributed by atoms with van der Waals surface area (Å²) < 4.78 is 12.2. The molecule has 1 saturated heterocycles. The summed E-state index contributed by atoms with van der Waals surface area (Å²) in [5.41, 5.74) is 0.122. The van der Waals surface area contributed by atoms with Crippen LogP contribution in [0.2, 0.25) is 0 Å². The summed E-state index contributed by atoms with van der Waals surface area (Å²) in [5.74, 6) is 0.792. The van der Waals surface area contributed by atoms with Crippen molar-refractivity contribution in [2.45, 2.75) is 162 Å². The number of aliphatic hydroxyl groups is 6. The molecular weight excluding hydrogens is 560 g/mol. The van der Waals surface area contributed by atoms with Gasteiger partial charge in [-0.15, -0.1) is 0 Å². The fourth-order valence-electron chi connectivity index (χ4n) is 11.9. The van der Waals surface area contributed by atoms with E-state index in [0.29, 0.717) is 18.3 Å². The molecule has 8 heteroatoms. The third-order valence-electron chi connectivity index (χ3n) is 14.5. The fraction of sp³-hybridized carbons (Fsp3) is 0.944. The van der Waals surface area contributed by atoms with Crippen LogP contribution in [0.25, 0.3) is 0 Å². The van der Waals surface area contributed by atoms with Crippen LogP contribution in [-0.4, -0.2) is 85.8 Å². The minimum atomic E-state index is -1.46. The highest BCUT2D eigenvalue weighted by Crippen LogP contribution is 2.76. The summed E-state index contributed by atoms with van der Waals surface area (Å²) in [4.78, 5) is 0. The standard InChI is InChI=1S/C36H62O8/c1-20(2)10-9-14-36(8,42)21-11-16-35(7)27(21)22(38)18-25-33(5)15-13-26(32(3,4)24(33)12-17-34(25,35)6)44-31-30(41)29(40)28(39)23(19-37)43-31/h10,21-31,37-42H,9,11-19H2,1-8H3/t21?,22-,23-,24+,25-,26+,27?,28-,29+,30-,31+,33+,34-,35-,36+/m1/s1. The molecule has 254 valence electrons. The molecule has 5 aliphatic rings. The van der Waals surface area contributed by atoms with Crippen LogP contribution in [0, 0.1) is 45.3 Å². The molecule has 0 aromatic carbocycles. The molecule has 5 rings (SSSR count). The highest BCUT2D eigenvalue weighted by atomic mass is 16.7. The second kappa shape index (κ2) is 11.8. The Morgan fingerprint density at radius 3 is 2.18 bits per heavy atom. The largest absolute Gasteiger partial charge is 0.394 e. The Hall–Kier alpha value is -0.580. The molecule has 0 bridgehead atoms. The third kappa shape index (κ3) is 5.26. The van der Waals surface area contributed by atoms with E-state index in [0.717, 1.165) is 51.4 Å². The molecule has 0 amide bonds. The zero-order valence-electron chi connectivity index (χ0n) is 28.5. The molecule has 8 nitrogen and oxygen atoms in total. The van der Waals surface area contributed by atoms with Gasteiger partial charge in [0.1, 0.15) is 24.4 Å². The van der Waals surface area contributed by atoms with Gasteiger partial charge >= 0.3 is 0 Å². The lowest BCUT2D eigenvalue weighted by Crippen LogP contribution is -2.67. The first kappa shape index (κ1) is 34.7. The van der Waals surface area contributed by atoms with E-state index >= 15 is 0 Å². The van der Waals surface area contributed by atoms with Gasteiger partial charge in [0, 0.05) is 0 Å². The maximum Gasteiger partial charge on any atom is 0.186 e. The minimum Gasteiger partial charge on any atom is -0.394 e. The van der Waals surface area contributed by atoms with E-state index in [1.165, 1.54) is 5.57 Å². The molecule has 4 aliphatic carbocycles. The van der Waals surface area contributed by atoms with Crippen molar-refractivity contribution < 1.29 is 40.1 Å². The Kier molecular flexibility index (Phi) is 9.35. The van der Waals surface area contributed by atoms with Crippen molar-refractivity contribution >= 4 is 0 Å². The Morgan fingerprint density at radius 2 is 1.55 bits per heavy atom. The van der Waals surface area contributed by atoms with Gasteiger partial charge < -0.3 is 40.1 Å². The van der Waals surface area contributed by atoms with Crippen LogP contribution >= 0.6 is 0 Å². The van der Waals surface area contributed by atoms with Crippen LogP contribution in [0.3, 0.4) is 0 Å². The highest BCUT2D eigenvalue weighted by molar-refractivity contribution is 5.20. The number of aliphatic hydroxyl groups excluding tert-OH is 5. The first-order valence-electron chi connectivity index (χ1n) is 17.3. The van der Waals surface area contributed by atoms with E-state index in [1.807, 2.05) is 6.92 Å². The van der Waals surface area contributed by atoms with Gasteiger partial charge in [-0.2, -0.15) is 0 Å². The molecule has 2 unspecified atom stereocenters. The van der Waals surface area contributed by atoms with Gasteiger partial charge in [-0.25, -0.2) is 0 Å². The number of hydrogen-bond acceptors (Lipinski definition) is 8. The molecule has 5 fully saturated rings. The molecular formula is C36H62O8. The second-order valence-corrected chi connectivity index (χ2v) is 17.3. The van der Waals surface area contributed by atoms with Gasteiger partial charge in [-0.1, -0.05) is 46.3 Å². The van der Waals surface area contributed by atoms with Gasteiger partial charge in [-0.3, -0.25) is 0 Å². The van der Waals surface area contributed by atoms with Crippen molar-refractivity contribution in [3.8, 4) is 0 Å². The summed E-state index contributed by atoms with van der Waals surface area (Å²) in [6.07, 6.45) is 3.15. The van der Waals surface area contributed by atoms with Gasteiger partial charge in [0.15, 0.2) is 6.29 Å². The molecule has 0 aromatic heterocycles. The number of allylic oxidation sites excluding steroid dienone is 2. The van der Waals surface area contributed by atoms with Gasteiger partial charge in [0.25, 0.3) is 0 Å². The summed E-state index contributed by atoms with van der Waals surface area (Å²) in [7, 11) is 0. The normalized spacial score (nSPS) is 51.5. The van der Waals surface area contributed by atoms with Crippen LogP contribution in [-0.2, 0) is 9.47 Å². The van der Waals surface area contributed by atoms with Gasteiger partial charge in [-0.05, 0) is 124 Å². The summed E-state index contributed by atoms with van der Waals surface area (Å²) in [6, 6.07) is 0. The van der Waals surface area contributed by atoms with E-state index in [9.17, 15) is 30.6 Å². The Balaban J connectivity index is 1.37. The maximum absolute atomic E-state index is 12.0. The maximum atomic E-state index is 12.0. The van der Waals surface area contributed by atoms with Crippen molar-refractivity contribution in [1.82, 2.24) is 0 Å². The molecule has 6 N–H and O–H groups in total. The molecule has 4 saturated carbocycles. The fourth-order valence-corrected chi connectivity index (χ4v) is 11.9. The summed E-state index contributed by atoms with van der Waals surface area (Å²) in [5, 5.41) is 64.8. The van der Waals surface area contributed by atoms with Gasteiger partial charge in [0.2, 0.25) is 0 Å². The third-order valence-corrected chi connectivity index (χ3v) is 14.5. The zero-order chi connectivity index (χ0) is 32.6. The average Bonchev–Trinajstić information content (AvgIpc) is 3.32. The molecule has 44 heavy (non-hydrogen) atoms. The summed E-state index contributed by atoms with van der Waals surface area (Å²) in [6.45, 7) is 17.5. The van der Waals surface area contributed by atoms with E-state index < -0.39 is 49.0 Å². The van der Waals surface area contributed by atoms with Crippen LogP contribution in [0.1, 0.15) is 113 Å². The first-order chi connectivity index (χ1) is 20.3. The highest BCUT2D eigenvalue weighted by Gasteiger charge is 2.71. The topological polar surface area (TPSA) is 140 Å². The Morgan fingerprint density at radius 1 is 0.886 bits per heavy atom. The molecule has 0 aromatic rings. The number of hydrogen-bond donors (Lipinski definition) is 6. The number of fused-ring (bicyclic) bond motifs is 5. The van der Waals surface area contributed by atoms with E-state index in [2.05, 4.69) is 54.5 Å². The predicted octanol–water partition coefficient (Wildman–Crippen LogP) is 4.32. The lowest BCUT2D eigenvalue weighted by Gasteiger charge is -2.70. The minimum absolute atomic E-state index is 0.0231. The summed E-state index contributed by atoms with van der Waals surface area (Å²) >= 11 is 0. The lowest BCUT2D eigenvalue weighted by atomic mass is 9.35. The molecule has 1 aliphatic heterocycles. The molecule has 15 atom stereocenters. The van der Waals surface area contributed by atoms with Crippen LogP contribution in [0.15, 0.2) is 11.6 Å². The second-order valence-electron chi connectivity index (χ2n) is 17.3. The van der Waals surface area contributed by atoms with Crippen molar-refractivity contribution in [2.24, 2.45) is 45.3 Å². The van der Waals surface area contributed by atoms with Crippen molar-refractivity contribution in [1.29, 1.82) is 0 Å². The number of ether oxygens (including phenoxy) is 2. The Labute approximate surface area is 265 Å². The van der Waals surface area contributed by atoms with Crippen molar-refractivity contribution in [2.75, 3.05) is 6.61 Å². The predicted molar refractivity (Wildman–Crippen MR) is 168 cm³/mol. The smallest absolute Gasteiger partial charge is 0.186 e. The van der Waals surface area contributed by atoms with E-state index in [1.54, 1.807) is 0 Å². The quantitative estimate of drug-likeness (QED) is 0.182. The Bertz CT molecular complexity index is 1070. The van der Waals surface area contributed by atoms with Crippen LogP contribution < -0.4 is 0 Å². The van der Waals surface area contributed by atoms with Crippen LogP contribution in [0.4, 0.5) is 0 Å². The SMILES string of the molecule is CC(C)=CCC[C@](C)(O)C1CC[C@]2(C)C1[C@H](O)C[C@@H]1[C@@]3(C)CC[C@H](O[C@@H]4O[C@H](CO)[C@@H](O)[C@H](O)[C@H]4O)C(C)(C)[C@@H]3CC[C@]12C. The molecule has 0 spiro atoms. The monoisotopic (exact) mass is 622 g/mol. The first-order valence-corrected chi connectivity index (χ1v) is 17.3. The number of rotatable bonds is 7. The average molecular weight is 623 g/mol. The van der Waals surface area contributed by atoms with Crippen molar-refractivity contribution in [3.05, 3.63) is 11.6 Å². The zero-order valence-corrected chi connectivity index (χ0v) is 28.5. The van der Waals surface area contributed by atoms with E-state index in [4.69, 9.17) is 9.47 Å². The lowest BCUT2D eigenvalue weighted by molar-refractivity contribution is -0.332. The van der Waals surface area contributed by atoms with E-state index in [-0.39, 0.29) is 39.6 Å². The molecule has 1 heterocycles. The van der Waals surface area contributed by atoms with Crippen LogP contribution in [0.5, 0.6) is 0 Å². The van der Waals surface area contributed by atoms with Crippen molar-refractivity contribution in [3.63, 3.8) is 0 Å². The molecule has 0 radical (unpaired) electrons. The van der Waals surface area contributed by atoms with Gasteiger partial charge in [0.05, 0.1) is 24.4 Å².